The summed E-state index contributed by atoms with van der Waals surface area (Å²) in [5.74, 6) is 0. The van der Waals surface area contributed by atoms with Crippen molar-refractivity contribution in [3.63, 3.8) is 0 Å². The van der Waals surface area contributed by atoms with Crippen LogP contribution < -0.4 is 0 Å². The van der Waals surface area contributed by atoms with Gasteiger partial charge in [0.25, 0.3) is 0 Å². The van der Waals surface area contributed by atoms with Crippen molar-refractivity contribution in [2.24, 2.45) is 0 Å². The van der Waals surface area contributed by atoms with E-state index in [1.807, 2.05) is 6.07 Å². The Balaban J connectivity index is 3.21. The van der Waals surface area contributed by atoms with Crippen LogP contribution in [0, 0.1) is 11.3 Å². The summed E-state index contributed by atoms with van der Waals surface area (Å²) in [4.78, 5) is 9.29. The Bertz CT molecular complexity index is 96.4. The summed E-state index contributed by atoms with van der Waals surface area (Å²) in [5.41, 5.74) is 0. The van der Waals surface area contributed by atoms with E-state index in [4.69, 9.17) is 5.26 Å². The molecule has 0 aromatic heterocycles. The number of hydrogen-bond acceptors (Lipinski definition) is 2. The number of carbonyl (C=O) groups excluding carboxylic acids is 1. The lowest BCUT2D eigenvalue weighted by Gasteiger charge is -1.84. The molecule has 0 amide bonds. The van der Waals surface area contributed by atoms with Crippen LogP contribution in [0.4, 0.5) is 0 Å². The molecule has 0 aliphatic carbocycles. The van der Waals surface area contributed by atoms with Gasteiger partial charge in [0.1, 0.15) is 11.1 Å². The normalized spacial score (nSPS) is 12.0. The van der Waals surface area contributed by atoms with Crippen molar-refractivity contribution in [3.05, 3.63) is 0 Å². The molecular weight excluding hydrogens is 158 g/mol. The van der Waals surface area contributed by atoms with E-state index in [1.165, 1.54) is 0 Å². The summed E-state index contributed by atoms with van der Waals surface area (Å²) in [5, 5.41) is 8.01. The quantitative estimate of drug-likeness (QED) is 0.446. The molecule has 38 valence electrons. The Labute approximate surface area is 50.3 Å². The molecular formula is C4H4BrNO. The number of aldehydes is 1. The van der Waals surface area contributed by atoms with Crippen LogP contribution in [0.3, 0.4) is 0 Å². The van der Waals surface area contributed by atoms with Crippen molar-refractivity contribution < 1.29 is 4.79 Å². The molecule has 0 rings (SSSR count). The van der Waals surface area contributed by atoms with Gasteiger partial charge in [0, 0.05) is 6.42 Å². The van der Waals surface area contributed by atoms with Gasteiger partial charge in [0.2, 0.25) is 0 Å². The molecule has 0 fully saturated rings. The van der Waals surface area contributed by atoms with Crippen LogP contribution in [0.25, 0.3) is 0 Å². The van der Waals surface area contributed by atoms with Crippen molar-refractivity contribution in [2.75, 3.05) is 0 Å². The van der Waals surface area contributed by atoms with Gasteiger partial charge in [0.05, 0.1) is 6.07 Å². The van der Waals surface area contributed by atoms with Gasteiger partial charge in [-0.05, 0) is 0 Å². The third-order valence-corrected chi connectivity index (χ3v) is 1.02. The van der Waals surface area contributed by atoms with Gasteiger partial charge in [0.15, 0.2) is 0 Å². The maximum absolute atomic E-state index is 9.59. The van der Waals surface area contributed by atoms with Crippen LogP contribution in [0.15, 0.2) is 0 Å². The molecule has 0 aromatic carbocycles. The minimum atomic E-state index is -0.301. The highest BCUT2D eigenvalue weighted by Gasteiger charge is 1.95. The molecule has 0 N–H and O–H groups in total. The third-order valence-electron chi connectivity index (χ3n) is 0.443. The van der Waals surface area contributed by atoms with E-state index in [0.717, 1.165) is 0 Å². The Morgan fingerprint density at radius 1 is 2.00 bits per heavy atom. The number of carbonyl (C=O) groups is 1. The number of hydrogen-bond donors (Lipinski definition) is 0. The highest BCUT2D eigenvalue weighted by Crippen LogP contribution is 1.98. The van der Waals surface area contributed by atoms with Gasteiger partial charge in [-0.1, -0.05) is 15.9 Å². The number of nitriles is 1. The molecule has 2 nitrogen and oxygen atoms in total. The maximum Gasteiger partial charge on any atom is 0.122 e. The Kier molecular flexibility index (Phi) is 3.62. The monoisotopic (exact) mass is 161 g/mol. The van der Waals surface area contributed by atoms with Gasteiger partial charge in [-0.3, -0.25) is 0 Å². The molecule has 0 aliphatic rings. The predicted octanol–water partition coefficient (Wildman–Crippen LogP) is 0.862. The molecule has 3 heteroatoms. The Hall–Kier alpha value is -0.360. The molecule has 0 aromatic rings. The Morgan fingerprint density at radius 2 is 2.57 bits per heavy atom. The van der Waals surface area contributed by atoms with E-state index >= 15 is 0 Å². The highest BCUT2D eigenvalue weighted by atomic mass is 79.9. The van der Waals surface area contributed by atoms with Crippen molar-refractivity contribution in [1.29, 1.82) is 5.26 Å². The molecule has 0 radical (unpaired) electrons. The van der Waals surface area contributed by atoms with E-state index in [9.17, 15) is 4.79 Å². The number of rotatable bonds is 2. The van der Waals surface area contributed by atoms with Gasteiger partial charge in [-0.25, -0.2) is 0 Å². The zero-order valence-electron chi connectivity index (χ0n) is 3.60. The zero-order valence-corrected chi connectivity index (χ0v) is 5.18. The average molecular weight is 162 g/mol. The van der Waals surface area contributed by atoms with E-state index in [2.05, 4.69) is 15.9 Å². The number of alkyl halides is 1. The fraction of sp³-hybridized carbons (Fsp3) is 0.500. The van der Waals surface area contributed by atoms with Crippen LogP contribution in [-0.4, -0.2) is 11.1 Å². The fourth-order valence-electron chi connectivity index (χ4n) is 0.137. The molecule has 0 saturated heterocycles. The predicted molar refractivity (Wildman–Crippen MR) is 29.0 cm³/mol. The van der Waals surface area contributed by atoms with Gasteiger partial charge in [-0.15, -0.1) is 0 Å². The third kappa shape index (κ3) is 3.47. The summed E-state index contributed by atoms with van der Waals surface area (Å²) in [6, 6.07) is 1.85. The molecule has 0 heterocycles. The van der Waals surface area contributed by atoms with Crippen LogP contribution in [0.5, 0.6) is 0 Å². The SMILES string of the molecule is N#CC(Br)CC=O. The van der Waals surface area contributed by atoms with E-state index < -0.39 is 0 Å². The first-order chi connectivity index (χ1) is 3.31. The molecule has 1 unspecified atom stereocenters. The molecule has 1 atom stereocenters. The van der Waals surface area contributed by atoms with E-state index in [0.29, 0.717) is 6.29 Å². The summed E-state index contributed by atoms with van der Waals surface area (Å²) in [6.45, 7) is 0. The number of halogens is 1. The topological polar surface area (TPSA) is 40.9 Å². The van der Waals surface area contributed by atoms with Crippen molar-refractivity contribution in [3.8, 4) is 6.07 Å². The lowest BCUT2D eigenvalue weighted by atomic mass is 10.4. The second-order valence-corrected chi connectivity index (χ2v) is 2.10. The molecule has 0 aliphatic heterocycles. The lowest BCUT2D eigenvalue weighted by Crippen LogP contribution is -1.91. The van der Waals surface area contributed by atoms with Crippen LogP contribution in [0.2, 0.25) is 0 Å². The summed E-state index contributed by atoms with van der Waals surface area (Å²) < 4.78 is 0. The van der Waals surface area contributed by atoms with Crippen molar-refractivity contribution >= 4 is 22.2 Å². The van der Waals surface area contributed by atoms with Gasteiger partial charge in [-0.2, -0.15) is 5.26 Å². The van der Waals surface area contributed by atoms with E-state index in [-0.39, 0.29) is 11.2 Å². The first kappa shape index (κ1) is 6.64. The maximum atomic E-state index is 9.59. The molecule has 0 bridgehead atoms. The van der Waals surface area contributed by atoms with Crippen LogP contribution in [-0.2, 0) is 4.79 Å². The van der Waals surface area contributed by atoms with Gasteiger partial charge >= 0.3 is 0 Å². The summed E-state index contributed by atoms with van der Waals surface area (Å²) in [6.07, 6.45) is 0.985. The van der Waals surface area contributed by atoms with Gasteiger partial charge < -0.3 is 4.79 Å². The first-order valence-corrected chi connectivity index (χ1v) is 2.70. The smallest absolute Gasteiger partial charge is 0.122 e. The number of nitrogens with zero attached hydrogens (tertiary/aromatic N) is 1. The lowest BCUT2D eigenvalue weighted by molar-refractivity contribution is -0.107. The largest absolute Gasteiger partial charge is 0.303 e. The first-order valence-electron chi connectivity index (χ1n) is 1.78. The standard InChI is InChI=1S/C4H4BrNO/c5-4(3-6)1-2-7/h2,4H,1H2. The minimum absolute atomic E-state index is 0.274. The van der Waals surface area contributed by atoms with E-state index in [1.54, 1.807) is 0 Å². The molecule has 0 spiro atoms. The van der Waals surface area contributed by atoms with Crippen molar-refractivity contribution in [2.45, 2.75) is 11.2 Å². The zero-order chi connectivity index (χ0) is 5.70. The second kappa shape index (κ2) is 3.82. The molecule has 0 saturated carbocycles. The average Bonchev–Trinajstić information content (AvgIpc) is 1.68. The van der Waals surface area contributed by atoms with Crippen LogP contribution >= 0.6 is 15.9 Å². The summed E-state index contributed by atoms with van der Waals surface area (Å²) in [7, 11) is 0. The summed E-state index contributed by atoms with van der Waals surface area (Å²) >= 11 is 2.94. The fourth-order valence-corrected chi connectivity index (χ4v) is 0.290. The van der Waals surface area contributed by atoms with Crippen molar-refractivity contribution in [1.82, 2.24) is 0 Å². The molecule has 7 heavy (non-hydrogen) atoms. The Morgan fingerprint density at radius 3 is 2.71 bits per heavy atom. The highest BCUT2D eigenvalue weighted by molar-refractivity contribution is 9.09. The second-order valence-electron chi connectivity index (χ2n) is 0.999. The minimum Gasteiger partial charge on any atom is -0.303 e. The van der Waals surface area contributed by atoms with Crippen LogP contribution in [0.1, 0.15) is 6.42 Å².